The molecule has 2 atom stereocenters. The Morgan fingerprint density at radius 3 is 2.89 bits per heavy atom. The number of nitrogens with zero attached hydrogens (tertiary/aromatic N) is 2. The number of thiophene rings is 1. The van der Waals surface area contributed by atoms with Crippen molar-refractivity contribution >= 4 is 27.4 Å². The van der Waals surface area contributed by atoms with Crippen molar-refractivity contribution in [2.45, 2.75) is 43.8 Å². The monoisotopic (exact) mass is 260 g/mol. The minimum Gasteiger partial charge on any atom is -0.366 e. The first kappa shape index (κ1) is 10.7. The number of fused-ring (bicyclic) bond motifs is 3. The molecule has 4 rings (SSSR count). The Bertz CT molecular complexity index is 555. The summed E-state index contributed by atoms with van der Waals surface area (Å²) in [6.45, 7) is 0. The summed E-state index contributed by atoms with van der Waals surface area (Å²) in [5.41, 5.74) is 1.05. The maximum Gasteiger partial charge on any atom is 0.147 e. The molecule has 94 valence electrons. The molecule has 2 N–H and O–H groups in total. The summed E-state index contributed by atoms with van der Waals surface area (Å²) in [6, 6.07) is 4.03. The van der Waals surface area contributed by atoms with E-state index in [-0.39, 0.29) is 0 Å². The molecule has 0 radical (unpaired) electrons. The highest BCUT2D eigenvalue weighted by Gasteiger charge is 2.33. The highest BCUT2D eigenvalue weighted by molar-refractivity contribution is 7.17. The van der Waals surface area contributed by atoms with Crippen LogP contribution >= 0.6 is 11.3 Å². The van der Waals surface area contributed by atoms with Crippen molar-refractivity contribution in [1.82, 2.24) is 15.3 Å². The van der Waals surface area contributed by atoms with Gasteiger partial charge in [-0.05, 0) is 37.1 Å². The lowest BCUT2D eigenvalue weighted by Gasteiger charge is -2.30. The first-order valence-electron chi connectivity index (χ1n) is 6.59. The SMILES string of the molecule is c1nc(NC2CC3CCC(C2)N3)c2sccc2n1. The van der Waals surface area contributed by atoms with Gasteiger partial charge >= 0.3 is 0 Å². The molecule has 2 aliphatic heterocycles. The van der Waals surface area contributed by atoms with Crippen molar-refractivity contribution in [2.24, 2.45) is 0 Å². The highest BCUT2D eigenvalue weighted by atomic mass is 32.1. The molecule has 0 aromatic carbocycles. The van der Waals surface area contributed by atoms with Crippen LogP contribution in [0.5, 0.6) is 0 Å². The van der Waals surface area contributed by atoms with Gasteiger partial charge in [0.15, 0.2) is 0 Å². The maximum absolute atomic E-state index is 4.41. The summed E-state index contributed by atoms with van der Waals surface area (Å²) in [4.78, 5) is 8.70. The van der Waals surface area contributed by atoms with Gasteiger partial charge in [-0.3, -0.25) is 0 Å². The minimum atomic E-state index is 0.559. The Morgan fingerprint density at radius 1 is 1.22 bits per heavy atom. The van der Waals surface area contributed by atoms with Gasteiger partial charge in [0.2, 0.25) is 0 Å². The molecule has 2 fully saturated rings. The number of anilines is 1. The predicted molar refractivity (Wildman–Crippen MR) is 74.0 cm³/mol. The van der Waals surface area contributed by atoms with Gasteiger partial charge in [0, 0.05) is 18.1 Å². The minimum absolute atomic E-state index is 0.559. The molecule has 2 bridgehead atoms. The third-order valence-electron chi connectivity index (χ3n) is 4.06. The molecule has 2 unspecified atom stereocenters. The van der Waals surface area contributed by atoms with Crippen LogP contribution in [0.1, 0.15) is 25.7 Å². The number of piperidine rings is 1. The molecule has 4 heterocycles. The first-order valence-corrected chi connectivity index (χ1v) is 7.47. The lowest BCUT2D eigenvalue weighted by molar-refractivity contribution is 0.378. The van der Waals surface area contributed by atoms with Crippen molar-refractivity contribution in [3.8, 4) is 0 Å². The van der Waals surface area contributed by atoms with E-state index in [1.54, 1.807) is 17.7 Å². The second kappa shape index (κ2) is 4.17. The zero-order valence-electron chi connectivity index (χ0n) is 10.1. The first-order chi connectivity index (χ1) is 8.88. The van der Waals surface area contributed by atoms with Crippen LogP contribution in [-0.2, 0) is 0 Å². The third-order valence-corrected chi connectivity index (χ3v) is 4.97. The van der Waals surface area contributed by atoms with E-state index in [4.69, 9.17) is 0 Å². The van der Waals surface area contributed by atoms with Crippen molar-refractivity contribution in [1.29, 1.82) is 0 Å². The molecule has 0 saturated carbocycles. The summed E-state index contributed by atoms with van der Waals surface area (Å²) in [6.07, 6.45) is 6.76. The van der Waals surface area contributed by atoms with E-state index in [9.17, 15) is 0 Å². The lowest BCUT2D eigenvalue weighted by atomic mass is 10.00. The van der Waals surface area contributed by atoms with E-state index in [1.807, 2.05) is 0 Å². The van der Waals surface area contributed by atoms with Gasteiger partial charge < -0.3 is 10.6 Å². The lowest BCUT2D eigenvalue weighted by Crippen LogP contribution is -2.43. The average molecular weight is 260 g/mol. The van der Waals surface area contributed by atoms with E-state index in [2.05, 4.69) is 32.0 Å². The molecule has 4 nitrogen and oxygen atoms in total. The summed E-state index contributed by atoms with van der Waals surface area (Å²) >= 11 is 1.72. The second-order valence-corrected chi connectivity index (χ2v) is 6.22. The largest absolute Gasteiger partial charge is 0.366 e. The quantitative estimate of drug-likeness (QED) is 0.870. The van der Waals surface area contributed by atoms with Gasteiger partial charge in [0.1, 0.15) is 12.1 Å². The van der Waals surface area contributed by atoms with Crippen LogP contribution in [0.2, 0.25) is 0 Å². The topological polar surface area (TPSA) is 49.8 Å². The van der Waals surface area contributed by atoms with Crippen LogP contribution in [0, 0.1) is 0 Å². The van der Waals surface area contributed by atoms with Crippen LogP contribution in [0.15, 0.2) is 17.8 Å². The molecule has 2 aromatic heterocycles. The second-order valence-electron chi connectivity index (χ2n) is 5.31. The molecule has 0 aliphatic carbocycles. The van der Waals surface area contributed by atoms with E-state index < -0.39 is 0 Å². The fourth-order valence-corrected chi connectivity index (χ4v) is 4.06. The number of rotatable bonds is 2. The molecule has 0 amide bonds. The number of hydrogen-bond donors (Lipinski definition) is 2. The Hall–Kier alpha value is -1.20. The normalized spacial score (nSPS) is 30.8. The molecule has 18 heavy (non-hydrogen) atoms. The summed E-state index contributed by atoms with van der Waals surface area (Å²) in [7, 11) is 0. The van der Waals surface area contributed by atoms with Gasteiger partial charge in [0.05, 0.1) is 10.2 Å². The van der Waals surface area contributed by atoms with Gasteiger partial charge in [-0.1, -0.05) is 0 Å². The zero-order chi connectivity index (χ0) is 11.9. The van der Waals surface area contributed by atoms with Crippen LogP contribution in [0.3, 0.4) is 0 Å². The molecule has 2 saturated heterocycles. The fourth-order valence-electron chi connectivity index (χ4n) is 3.26. The number of aromatic nitrogens is 2. The van der Waals surface area contributed by atoms with Crippen molar-refractivity contribution in [2.75, 3.05) is 5.32 Å². The smallest absolute Gasteiger partial charge is 0.147 e. The molecule has 2 aliphatic rings. The van der Waals surface area contributed by atoms with Gasteiger partial charge in [-0.15, -0.1) is 11.3 Å². The van der Waals surface area contributed by atoms with Crippen LogP contribution in [-0.4, -0.2) is 28.1 Å². The maximum atomic E-state index is 4.41. The fraction of sp³-hybridized carbons (Fsp3) is 0.538. The average Bonchev–Trinajstić information content (AvgIpc) is 2.97. The Kier molecular flexibility index (Phi) is 2.48. The summed E-state index contributed by atoms with van der Waals surface area (Å²) < 4.78 is 1.18. The summed E-state index contributed by atoms with van der Waals surface area (Å²) in [5.74, 6) is 1.02. The zero-order valence-corrected chi connectivity index (χ0v) is 10.9. The molecular formula is C13H16N4S. The Morgan fingerprint density at radius 2 is 2.06 bits per heavy atom. The van der Waals surface area contributed by atoms with Crippen molar-refractivity contribution in [3.63, 3.8) is 0 Å². The Labute approximate surface area is 110 Å². The highest BCUT2D eigenvalue weighted by Crippen LogP contribution is 2.31. The standard InChI is InChI=1S/C13H16N4S/c1-2-9-6-10(5-8(1)16-9)17-13-12-11(3-4-18-12)14-7-15-13/h3-4,7-10,16H,1-2,5-6H2,(H,14,15,17). The van der Waals surface area contributed by atoms with E-state index >= 15 is 0 Å². The predicted octanol–water partition coefficient (Wildman–Crippen LogP) is 2.39. The van der Waals surface area contributed by atoms with Crippen LogP contribution in [0.4, 0.5) is 5.82 Å². The van der Waals surface area contributed by atoms with Crippen LogP contribution in [0.25, 0.3) is 10.2 Å². The molecular weight excluding hydrogens is 244 g/mol. The Balaban J connectivity index is 1.59. The van der Waals surface area contributed by atoms with Crippen molar-refractivity contribution < 1.29 is 0 Å². The van der Waals surface area contributed by atoms with E-state index in [0.29, 0.717) is 18.1 Å². The van der Waals surface area contributed by atoms with E-state index in [1.165, 1.54) is 30.4 Å². The van der Waals surface area contributed by atoms with Crippen LogP contribution < -0.4 is 10.6 Å². The number of hydrogen-bond acceptors (Lipinski definition) is 5. The van der Waals surface area contributed by atoms with E-state index in [0.717, 1.165) is 11.3 Å². The van der Waals surface area contributed by atoms with Gasteiger partial charge in [-0.25, -0.2) is 9.97 Å². The van der Waals surface area contributed by atoms with Crippen molar-refractivity contribution in [3.05, 3.63) is 17.8 Å². The molecule has 2 aromatic rings. The molecule has 0 spiro atoms. The van der Waals surface area contributed by atoms with Gasteiger partial charge in [-0.2, -0.15) is 0 Å². The van der Waals surface area contributed by atoms with Gasteiger partial charge in [0.25, 0.3) is 0 Å². The third kappa shape index (κ3) is 1.78. The summed E-state index contributed by atoms with van der Waals surface area (Å²) in [5, 5.41) is 9.38. The number of nitrogens with one attached hydrogen (secondary N) is 2. The molecule has 5 heteroatoms.